The van der Waals surface area contributed by atoms with Gasteiger partial charge in [0.25, 0.3) is 0 Å². The molecule has 1 aromatic carbocycles. The van der Waals surface area contributed by atoms with Crippen molar-refractivity contribution in [1.29, 1.82) is 0 Å². The Balaban J connectivity index is 2.04. The summed E-state index contributed by atoms with van der Waals surface area (Å²) in [6, 6.07) is 2.22. The Bertz CT molecular complexity index is 578. The van der Waals surface area contributed by atoms with Crippen molar-refractivity contribution in [2.24, 2.45) is 0 Å². The highest BCUT2D eigenvalue weighted by atomic mass is 16.5. The van der Waals surface area contributed by atoms with E-state index >= 15 is 0 Å². The van der Waals surface area contributed by atoms with Crippen molar-refractivity contribution in [3.05, 3.63) is 17.7 Å². The number of aromatic hydroxyl groups is 3. The number of carbonyl (C=O) groups excluding carboxylic acids is 1. The molecule has 1 saturated heterocycles. The standard InChI is InChI=1S/C15H20O9/c16-5-11-14(22)15(23)13(21)10(24-11)4-7(17)1-6-2-8(18)12(20)9(19)3-6/h2-3,10-11,13-16,18-23H,1,4-5H2/t10-,11?,13?,14+,15+/m0/s1. The van der Waals surface area contributed by atoms with Crippen LogP contribution in [0.25, 0.3) is 0 Å². The lowest BCUT2D eigenvalue weighted by molar-refractivity contribution is -0.229. The summed E-state index contributed by atoms with van der Waals surface area (Å²) in [4.78, 5) is 12.1. The van der Waals surface area contributed by atoms with Crippen LogP contribution in [0.1, 0.15) is 12.0 Å². The van der Waals surface area contributed by atoms with Gasteiger partial charge in [-0.05, 0) is 17.7 Å². The van der Waals surface area contributed by atoms with Crippen molar-refractivity contribution in [2.75, 3.05) is 6.61 Å². The Labute approximate surface area is 137 Å². The van der Waals surface area contributed by atoms with Gasteiger partial charge in [0.2, 0.25) is 0 Å². The molecule has 0 aromatic heterocycles. The minimum atomic E-state index is -1.56. The second kappa shape index (κ2) is 7.32. The van der Waals surface area contributed by atoms with E-state index in [1.165, 1.54) is 0 Å². The van der Waals surface area contributed by atoms with E-state index < -0.39 is 60.2 Å². The number of carbonyl (C=O) groups is 1. The van der Waals surface area contributed by atoms with Crippen LogP contribution >= 0.6 is 0 Å². The van der Waals surface area contributed by atoms with Crippen LogP contribution in [0.2, 0.25) is 0 Å². The van der Waals surface area contributed by atoms with Crippen LogP contribution in [-0.2, 0) is 16.0 Å². The lowest BCUT2D eigenvalue weighted by Gasteiger charge is -2.39. The number of phenolic OH excluding ortho intramolecular Hbond substituents is 3. The molecule has 9 nitrogen and oxygen atoms in total. The molecule has 0 spiro atoms. The second-order valence-corrected chi connectivity index (χ2v) is 5.77. The molecule has 5 atom stereocenters. The Morgan fingerprint density at radius 1 is 0.958 bits per heavy atom. The summed E-state index contributed by atoms with van der Waals surface area (Å²) >= 11 is 0. The van der Waals surface area contributed by atoms with Gasteiger partial charge in [-0.2, -0.15) is 0 Å². The first kappa shape index (κ1) is 18.4. The average molecular weight is 344 g/mol. The first-order chi connectivity index (χ1) is 11.2. The molecule has 1 aliphatic heterocycles. The minimum Gasteiger partial charge on any atom is -0.504 e. The molecule has 0 aliphatic carbocycles. The maximum absolute atomic E-state index is 12.1. The number of Topliss-reactive ketones (excluding diaryl/α,β-unsaturated/α-hetero) is 1. The SMILES string of the molecule is O=C(Cc1cc(O)c(O)c(O)c1)C[C@@H]1OC(CO)[C@@H](O)[C@H](O)C1O. The van der Waals surface area contributed by atoms with Crippen molar-refractivity contribution in [3.63, 3.8) is 0 Å². The largest absolute Gasteiger partial charge is 0.504 e. The number of rotatable bonds is 5. The fraction of sp³-hybridized carbons (Fsp3) is 0.533. The molecule has 1 aromatic rings. The predicted molar refractivity (Wildman–Crippen MR) is 78.5 cm³/mol. The van der Waals surface area contributed by atoms with E-state index in [4.69, 9.17) is 9.84 Å². The van der Waals surface area contributed by atoms with Crippen LogP contribution in [0, 0.1) is 0 Å². The molecule has 9 heteroatoms. The fourth-order valence-electron chi connectivity index (χ4n) is 2.63. The third kappa shape index (κ3) is 3.77. The molecule has 1 fully saturated rings. The van der Waals surface area contributed by atoms with Gasteiger partial charge in [-0.1, -0.05) is 0 Å². The van der Waals surface area contributed by atoms with E-state index in [2.05, 4.69) is 0 Å². The third-order valence-corrected chi connectivity index (χ3v) is 3.95. The van der Waals surface area contributed by atoms with Crippen LogP contribution in [0.3, 0.4) is 0 Å². The zero-order valence-corrected chi connectivity index (χ0v) is 12.6. The number of benzene rings is 1. The number of ketones is 1. The molecule has 7 N–H and O–H groups in total. The van der Waals surface area contributed by atoms with Gasteiger partial charge >= 0.3 is 0 Å². The van der Waals surface area contributed by atoms with E-state index in [-0.39, 0.29) is 18.4 Å². The highest BCUT2D eigenvalue weighted by molar-refractivity contribution is 5.81. The molecular formula is C15H20O9. The maximum Gasteiger partial charge on any atom is 0.200 e. The predicted octanol–water partition coefficient (Wildman–Crippen LogP) is -1.85. The summed E-state index contributed by atoms with van der Waals surface area (Å²) in [5.74, 6) is -2.29. The van der Waals surface area contributed by atoms with Crippen molar-refractivity contribution in [2.45, 2.75) is 43.4 Å². The molecule has 0 bridgehead atoms. The Morgan fingerprint density at radius 3 is 2.04 bits per heavy atom. The van der Waals surface area contributed by atoms with Gasteiger partial charge < -0.3 is 40.5 Å². The van der Waals surface area contributed by atoms with Crippen LogP contribution in [0.15, 0.2) is 12.1 Å². The summed E-state index contributed by atoms with van der Waals surface area (Å²) < 4.78 is 5.24. The number of aliphatic hydroxyl groups excluding tert-OH is 4. The van der Waals surface area contributed by atoms with E-state index in [1.807, 2.05) is 0 Å². The first-order valence-electron chi connectivity index (χ1n) is 7.30. The quantitative estimate of drug-likeness (QED) is 0.303. The lowest BCUT2D eigenvalue weighted by atomic mass is 9.91. The molecule has 24 heavy (non-hydrogen) atoms. The summed E-state index contributed by atoms with van der Waals surface area (Å²) in [5.41, 5.74) is 0.234. The first-order valence-corrected chi connectivity index (χ1v) is 7.30. The van der Waals surface area contributed by atoms with Crippen molar-refractivity contribution >= 4 is 5.78 Å². The minimum absolute atomic E-state index is 0.226. The Hall–Kier alpha value is -1.91. The third-order valence-electron chi connectivity index (χ3n) is 3.95. The highest BCUT2D eigenvalue weighted by Crippen LogP contribution is 2.35. The van der Waals surface area contributed by atoms with Gasteiger partial charge in [0, 0.05) is 12.8 Å². The van der Waals surface area contributed by atoms with E-state index in [0.29, 0.717) is 0 Å². The van der Waals surface area contributed by atoms with Crippen molar-refractivity contribution in [3.8, 4) is 17.2 Å². The molecule has 2 unspecified atom stereocenters. The smallest absolute Gasteiger partial charge is 0.200 e. The monoisotopic (exact) mass is 344 g/mol. The number of aliphatic hydroxyl groups is 4. The molecule has 1 heterocycles. The Kier molecular flexibility index (Phi) is 5.62. The molecule has 0 radical (unpaired) electrons. The summed E-state index contributed by atoms with van der Waals surface area (Å²) in [5, 5.41) is 66.4. The molecule has 2 rings (SSSR count). The zero-order valence-electron chi connectivity index (χ0n) is 12.6. The molecule has 0 amide bonds. The van der Waals surface area contributed by atoms with Crippen LogP contribution in [-0.4, -0.2) is 78.7 Å². The number of phenols is 3. The van der Waals surface area contributed by atoms with Crippen molar-refractivity contribution in [1.82, 2.24) is 0 Å². The van der Waals surface area contributed by atoms with Crippen LogP contribution in [0.5, 0.6) is 17.2 Å². The van der Waals surface area contributed by atoms with Crippen LogP contribution < -0.4 is 0 Å². The van der Waals surface area contributed by atoms with Gasteiger partial charge in [-0.25, -0.2) is 0 Å². The average Bonchev–Trinajstić information content (AvgIpc) is 2.53. The number of ether oxygens (including phenoxy) is 1. The van der Waals surface area contributed by atoms with Gasteiger partial charge in [-0.3, -0.25) is 4.79 Å². The van der Waals surface area contributed by atoms with E-state index in [9.17, 15) is 35.4 Å². The topological polar surface area (TPSA) is 168 Å². The summed E-state index contributed by atoms with van der Waals surface area (Å²) in [7, 11) is 0. The van der Waals surface area contributed by atoms with Gasteiger partial charge in [-0.15, -0.1) is 0 Å². The lowest BCUT2D eigenvalue weighted by Crippen LogP contribution is -2.58. The zero-order chi connectivity index (χ0) is 18.0. The number of hydrogen-bond acceptors (Lipinski definition) is 9. The molecule has 134 valence electrons. The second-order valence-electron chi connectivity index (χ2n) is 5.77. The summed E-state index contributed by atoms with van der Waals surface area (Å²) in [6.45, 7) is -0.588. The van der Waals surface area contributed by atoms with Crippen LogP contribution in [0.4, 0.5) is 0 Å². The maximum atomic E-state index is 12.1. The summed E-state index contributed by atoms with van der Waals surface area (Å²) in [6.07, 6.45) is -7.32. The molecule has 0 saturated carbocycles. The van der Waals surface area contributed by atoms with E-state index in [1.54, 1.807) is 0 Å². The number of hydrogen-bond donors (Lipinski definition) is 7. The van der Waals surface area contributed by atoms with E-state index in [0.717, 1.165) is 12.1 Å². The molecule has 1 aliphatic rings. The van der Waals surface area contributed by atoms with Gasteiger partial charge in [0.05, 0.1) is 12.7 Å². The van der Waals surface area contributed by atoms with Gasteiger partial charge in [0.15, 0.2) is 17.2 Å². The van der Waals surface area contributed by atoms with Crippen molar-refractivity contribution < 1.29 is 45.3 Å². The molecular weight excluding hydrogens is 324 g/mol. The normalized spacial score (nSPS) is 30.2. The highest BCUT2D eigenvalue weighted by Gasteiger charge is 2.43. The Morgan fingerprint density at radius 2 is 1.50 bits per heavy atom. The fourth-order valence-corrected chi connectivity index (χ4v) is 2.63. The van der Waals surface area contributed by atoms with Gasteiger partial charge in [0.1, 0.15) is 30.2 Å².